The summed E-state index contributed by atoms with van der Waals surface area (Å²) in [4.78, 5) is 14.9. The smallest absolute Gasteiger partial charge is 0.306 e. The number of nitrogens with zero attached hydrogens (tertiary/aromatic N) is 1. The molecule has 3 heteroatoms. The second kappa shape index (κ2) is 4.43. The van der Waals surface area contributed by atoms with Gasteiger partial charge in [0.2, 0.25) is 0 Å². The lowest BCUT2D eigenvalue weighted by Gasteiger charge is -2.06. The summed E-state index contributed by atoms with van der Waals surface area (Å²) in [5, 5.41) is 0. The maximum atomic E-state index is 12.0. The van der Waals surface area contributed by atoms with E-state index in [-0.39, 0.29) is 5.69 Å². The van der Waals surface area contributed by atoms with Gasteiger partial charge in [-0.15, -0.1) is 0 Å². The molecule has 0 aliphatic carbocycles. The maximum Gasteiger partial charge on any atom is 0.326 e. The van der Waals surface area contributed by atoms with Crippen molar-refractivity contribution in [1.82, 2.24) is 9.55 Å². The van der Waals surface area contributed by atoms with E-state index in [2.05, 4.69) is 37.0 Å². The molecule has 0 saturated heterocycles. The Labute approximate surface area is 111 Å². The SMILES string of the molecule is Cc1cc(C)cc(Cn2c(=O)[nH]c3ccccc32)c1. The quantitative estimate of drug-likeness (QED) is 0.748. The van der Waals surface area contributed by atoms with Crippen molar-refractivity contribution in [2.45, 2.75) is 20.4 Å². The first-order valence-corrected chi connectivity index (χ1v) is 6.38. The van der Waals surface area contributed by atoms with E-state index in [9.17, 15) is 4.79 Å². The third kappa shape index (κ3) is 2.19. The van der Waals surface area contributed by atoms with Crippen molar-refractivity contribution in [2.75, 3.05) is 0 Å². The summed E-state index contributed by atoms with van der Waals surface area (Å²) in [6, 6.07) is 14.2. The molecule has 96 valence electrons. The fraction of sp³-hybridized carbons (Fsp3) is 0.188. The summed E-state index contributed by atoms with van der Waals surface area (Å²) in [6.07, 6.45) is 0. The van der Waals surface area contributed by atoms with Crippen molar-refractivity contribution in [3.63, 3.8) is 0 Å². The van der Waals surface area contributed by atoms with Crippen LogP contribution < -0.4 is 5.69 Å². The number of aromatic nitrogens is 2. The zero-order valence-electron chi connectivity index (χ0n) is 11.1. The van der Waals surface area contributed by atoms with Crippen molar-refractivity contribution < 1.29 is 0 Å². The van der Waals surface area contributed by atoms with Crippen molar-refractivity contribution in [1.29, 1.82) is 0 Å². The van der Waals surface area contributed by atoms with Gasteiger partial charge in [-0.3, -0.25) is 4.57 Å². The molecule has 1 aromatic heterocycles. The number of rotatable bonds is 2. The fourth-order valence-corrected chi connectivity index (χ4v) is 2.61. The van der Waals surface area contributed by atoms with Crippen LogP contribution in [-0.2, 0) is 6.54 Å². The Hall–Kier alpha value is -2.29. The molecule has 0 saturated carbocycles. The topological polar surface area (TPSA) is 37.8 Å². The van der Waals surface area contributed by atoms with E-state index in [0.29, 0.717) is 6.54 Å². The lowest BCUT2D eigenvalue weighted by molar-refractivity contribution is 0.785. The number of aryl methyl sites for hydroxylation is 2. The monoisotopic (exact) mass is 252 g/mol. The van der Waals surface area contributed by atoms with Gasteiger partial charge >= 0.3 is 5.69 Å². The van der Waals surface area contributed by atoms with Gasteiger partial charge in [0.15, 0.2) is 0 Å². The Morgan fingerprint density at radius 1 is 1.05 bits per heavy atom. The van der Waals surface area contributed by atoms with Crippen molar-refractivity contribution in [2.24, 2.45) is 0 Å². The molecule has 3 aromatic rings. The van der Waals surface area contributed by atoms with Crippen LogP contribution in [0.4, 0.5) is 0 Å². The molecule has 0 atom stereocenters. The van der Waals surface area contributed by atoms with Crippen LogP contribution >= 0.6 is 0 Å². The molecule has 0 fully saturated rings. The van der Waals surface area contributed by atoms with Gasteiger partial charge in [-0.05, 0) is 31.5 Å². The first-order chi connectivity index (χ1) is 9.13. The number of hydrogen-bond donors (Lipinski definition) is 1. The van der Waals surface area contributed by atoms with Gasteiger partial charge in [-0.2, -0.15) is 0 Å². The number of imidazole rings is 1. The van der Waals surface area contributed by atoms with Crippen LogP contribution in [0.2, 0.25) is 0 Å². The zero-order chi connectivity index (χ0) is 13.4. The maximum absolute atomic E-state index is 12.0. The zero-order valence-corrected chi connectivity index (χ0v) is 11.1. The Kier molecular flexibility index (Phi) is 2.75. The largest absolute Gasteiger partial charge is 0.326 e. The highest BCUT2D eigenvalue weighted by atomic mass is 16.1. The Bertz CT molecular complexity index is 776. The Morgan fingerprint density at radius 3 is 2.47 bits per heavy atom. The van der Waals surface area contributed by atoms with Gasteiger partial charge in [0.1, 0.15) is 0 Å². The van der Waals surface area contributed by atoms with Crippen molar-refractivity contribution >= 4 is 11.0 Å². The lowest BCUT2D eigenvalue weighted by atomic mass is 10.1. The molecule has 0 unspecified atom stereocenters. The van der Waals surface area contributed by atoms with E-state index in [1.807, 2.05) is 24.3 Å². The third-order valence-corrected chi connectivity index (χ3v) is 3.30. The number of benzene rings is 2. The lowest BCUT2D eigenvalue weighted by Crippen LogP contribution is -2.17. The fourth-order valence-electron chi connectivity index (χ4n) is 2.61. The molecular formula is C16H16N2O. The minimum atomic E-state index is -0.0552. The van der Waals surface area contributed by atoms with E-state index in [1.54, 1.807) is 4.57 Å². The summed E-state index contributed by atoms with van der Waals surface area (Å²) in [5.41, 5.74) is 5.39. The summed E-state index contributed by atoms with van der Waals surface area (Å²) in [5.74, 6) is 0. The van der Waals surface area contributed by atoms with E-state index in [0.717, 1.165) is 16.6 Å². The summed E-state index contributed by atoms with van der Waals surface area (Å²) >= 11 is 0. The summed E-state index contributed by atoms with van der Waals surface area (Å²) in [7, 11) is 0. The molecule has 0 radical (unpaired) electrons. The van der Waals surface area contributed by atoms with Crippen LogP contribution in [0.15, 0.2) is 47.3 Å². The highest BCUT2D eigenvalue weighted by Gasteiger charge is 2.06. The van der Waals surface area contributed by atoms with Crippen LogP contribution in [-0.4, -0.2) is 9.55 Å². The molecule has 1 N–H and O–H groups in total. The molecule has 0 aliphatic rings. The van der Waals surface area contributed by atoms with E-state index >= 15 is 0 Å². The molecule has 0 amide bonds. The average Bonchev–Trinajstić information content (AvgIpc) is 2.65. The molecule has 3 nitrogen and oxygen atoms in total. The van der Waals surface area contributed by atoms with Crippen LogP contribution in [0.25, 0.3) is 11.0 Å². The van der Waals surface area contributed by atoms with E-state index in [1.165, 1.54) is 11.1 Å². The number of fused-ring (bicyclic) bond motifs is 1. The number of H-pyrrole nitrogens is 1. The van der Waals surface area contributed by atoms with Crippen LogP contribution in [0.1, 0.15) is 16.7 Å². The van der Waals surface area contributed by atoms with Gasteiger partial charge in [-0.1, -0.05) is 41.5 Å². The molecule has 3 rings (SSSR count). The van der Waals surface area contributed by atoms with Crippen molar-refractivity contribution in [3.8, 4) is 0 Å². The van der Waals surface area contributed by atoms with Gasteiger partial charge in [0.05, 0.1) is 17.6 Å². The minimum Gasteiger partial charge on any atom is -0.306 e. The third-order valence-electron chi connectivity index (χ3n) is 3.30. The molecule has 19 heavy (non-hydrogen) atoms. The number of aromatic amines is 1. The average molecular weight is 252 g/mol. The van der Waals surface area contributed by atoms with Crippen LogP contribution in [0, 0.1) is 13.8 Å². The molecule has 0 spiro atoms. The van der Waals surface area contributed by atoms with Gasteiger partial charge in [0.25, 0.3) is 0 Å². The molecule has 0 bridgehead atoms. The van der Waals surface area contributed by atoms with Crippen LogP contribution in [0.5, 0.6) is 0 Å². The van der Waals surface area contributed by atoms with Gasteiger partial charge in [-0.25, -0.2) is 4.79 Å². The standard InChI is InChI=1S/C16H16N2O/c1-11-7-12(2)9-13(8-11)10-18-15-6-4-3-5-14(15)17-16(18)19/h3-9H,10H2,1-2H3,(H,17,19). The highest BCUT2D eigenvalue weighted by Crippen LogP contribution is 2.14. The van der Waals surface area contributed by atoms with Crippen molar-refractivity contribution in [3.05, 3.63) is 69.6 Å². The molecular weight excluding hydrogens is 236 g/mol. The van der Waals surface area contributed by atoms with E-state index in [4.69, 9.17) is 0 Å². The second-order valence-electron chi connectivity index (χ2n) is 5.03. The number of hydrogen-bond acceptors (Lipinski definition) is 1. The van der Waals surface area contributed by atoms with Gasteiger partial charge < -0.3 is 4.98 Å². The molecule has 0 aliphatic heterocycles. The number of para-hydroxylation sites is 2. The van der Waals surface area contributed by atoms with Crippen LogP contribution in [0.3, 0.4) is 0 Å². The highest BCUT2D eigenvalue weighted by molar-refractivity contribution is 5.75. The predicted octanol–water partition coefficient (Wildman–Crippen LogP) is 2.99. The molecule has 2 aromatic carbocycles. The normalized spacial score (nSPS) is 11.1. The second-order valence-corrected chi connectivity index (χ2v) is 5.03. The first kappa shape index (κ1) is 11.8. The van der Waals surface area contributed by atoms with E-state index < -0.39 is 0 Å². The Morgan fingerprint density at radius 2 is 1.74 bits per heavy atom. The first-order valence-electron chi connectivity index (χ1n) is 6.38. The molecule has 1 heterocycles. The minimum absolute atomic E-state index is 0.0552. The predicted molar refractivity (Wildman–Crippen MR) is 77.6 cm³/mol. The number of nitrogens with one attached hydrogen (secondary N) is 1. The summed E-state index contributed by atoms with van der Waals surface area (Å²) < 4.78 is 1.78. The summed E-state index contributed by atoms with van der Waals surface area (Å²) in [6.45, 7) is 4.76. The van der Waals surface area contributed by atoms with Gasteiger partial charge in [0, 0.05) is 0 Å². The Balaban J connectivity index is 2.10.